The second-order valence-electron chi connectivity index (χ2n) is 9.76. The zero-order chi connectivity index (χ0) is 23.6. The van der Waals surface area contributed by atoms with Crippen LogP contribution in [-0.2, 0) is 20.7 Å². The molecule has 0 saturated heterocycles. The molecule has 0 fully saturated rings. The number of aromatic nitrogens is 1. The first-order valence-corrected chi connectivity index (χ1v) is 15.6. The molecule has 1 atom stereocenters. The molecule has 32 heavy (non-hydrogen) atoms. The van der Waals surface area contributed by atoms with Crippen molar-refractivity contribution in [3.63, 3.8) is 0 Å². The molecule has 0 amide bonds. The van der Waals surface area contributed by atoms with Gasteiger partial charge in [0.05, 0.1) is 6.20 Å². The van der Waals surface area contributed by atoms with Gasteiger partial charge in [0.15, 0.2) is 8.32 Å². The van der Waals surface area contributed by atoms with Crippen molar-refractivity contribution >= 4 is 18.2 Å². The van der Waals surface area contributed by atoms with E-state index in [-0.39, 0.29) is 10.1 Å². The molecule has 0 N–H and O–H groups in total. The second kappa shape index (κ2) is 9.33. The van der Waals surface area contributed by atoms with Gasteiger partial charge in [0, 0.05) is 6.26 Å². The smallest absolute Gasteiger partial charge is 0.238 e. The van der Waals surface area contributed by atoms with Gasteiger partial charge in [0.25, 0.3) is 0 Å². The Labute approximate surface area is 192 Å². The molecule has 0 bridgehead atoms. The van der Waals surface area contributed by atoms with E-state index in [9.17, 15) is 8.42 Å². The molecule has 0 radical (unpaired) electrons. The third kappa shape index (κ3) is 5.97. The van der Waals surface area contributed by atoms with Gasteiger partial charge in [0.2, 0.25) is 20.8 Å². The summed E-state index contributed by atoms with van der Waals surface area (Å²) in [5, 5.41) is -0.113. The van der Waals surface area contributed by atoms with Crippen LogP contribution >= 0.6 is 0 Å². The van der Waals surface area contributed by atoms with Crippen molar-refractivity contribution in [2.24, 2.45) is 0 Å². The maximum Gasteiger partial charge on any atom is 0.238 e. The average molecular weight is 472 g/mol. The van der Waals surface area contributed by atoms with E-state index in [1.807, 2.05) is 18.2 Å². The van der Waals surface area contributed by atoms with Gasteiger partial charge in [0.1, 0.15) is 6.10 Å². The van der Waals surface area contributed by atoms with Crippen LogP contribution in [0.4, 0.5) is 0 Å². The van der Waals surface area contributed by atoms with E-state index in [4.69, 9.17) is 8.84 Å². The molecule has 2 aromatic carbocycles. The normalized spacial score (nSPS) is 13.8. The number of sulfone groups is 1. The molecule has 5 nitrogen and oxygen atoms in total. The van der Waals surface area contributed by atoms with Crippen molar-refractivity contribution in [1.82, 2.24) is 4.98 Å². The first-order chi connectivity index (χ1) is 14.9. The van der Waals surface area contributed by atoms with Crippen LogP contribution in [0.3, 0.4) is 0 Å². The summed E-state index contributed by atoms with van der Waals surface area (Å²) in [6.07, 6.45) is 3.42. The summed E-state index contributed by atoms with van der Waals surface area (Å²) in [6.45, 7) is 10.9. The highest BCUT2D eigenvalue weighted by atomic mass is 32.2. The van der Waals surface area contributed by atoms with E-state index in [0.717, 1.165) is 12.7 Å². The first kappa shape index (κ1) is 24.4. The number of rotatable bonds is 8. The van der Waals surface area contributed by atoms with E-state index in [1.54, 1.807) is 0 Å². The SMILES string of the molecule is CC(C)(C)[Si](C)(C)OC(CCc1ccc(-c2ccccc2)cc1)c1ncc(S(C)(=O)=O)o1. The summed E-state index contributed by atoms with van der Waals surface area (Å²) < 4.78 is 36.0. The maximum absolute atomic E-state index is 11.9. The molecule has 0 aliphatic rings. The molecule has 0 spiro atoms. The quantitative estimate of drug-likeness (QED) is 0.354. The summed E-state index contributed by atoms with van der Waals surface area (Å²) in [4.78, 5) is 4.27. The Kier molecular flexibility index (Phi) is 7.12. The van der Waals surface area contributed by atoms with Gasteiger partial charge < -0.3 is 8.84 Å². The van der Waals surface area contributed by atoms with E-state index in [1.165, 1.54) is 22.9 Å². The topological polar surface area (TPSA) is 69.4 Å². The van der Waals surface area contributed by atoms with Gasteiger partial charge >= 0.3 is 0 Å². The highest BCUT2D eigenvalue weighted by molar-refractivity contribution is 7.90. The largest absolute Gasteiger partial charge is 0.426 e. The van der Waals surface area contributed by atoms with E-state index >= 15 is 0 Å². The van der Waals surface area contributed by atoms with Gasteiger partial charge in [-0.05, 0) is 47.7 Å². The Morgan fingerprint density at radius 1 is 1.00 bits per heavy atom. The van der Waals surface area contributed by atoms with Crippen LogP contribution in [0, 0.1) is 0 Å². The van der Waals surface area contributed by atoms with Gasteiger partial charge in [-0.25, -0.2) is 13.4 Å². The van der Waals surface area contributed by atoms with E-state index in [0.29, 0.717) is 12.3 Å². The highest BCUT2D eigenvalue weighted by Gasteiger charge is 2.40. The summed E-state index contributed by atoms with van der Waals surface area (Å²) in [6, 6.07) is 18.8. The van der Waals surface area contributed by atoms with Crippen molar-refractivity contribution in [1.29, 1.82) is 0 Å². The molecular formula is C25H33NO4SSi. The number of hydrogen-bond acceptors (Lipinski definition) is 5. The Morgan fingerprint density at radius 2 is 1.59 bits per heavy atom. The monoisotopic (exact) mass is 471 g/mol. The number of benzene rings is 2. The molecule has 0 saturated carbocycles. The summed E-state index contributed by atoms with van der Waals surface area (Å²) in [5.74, 6) is 0.330. The van der Waals surface area contributed by atoms with Crippen LogP contribution in [0.25, 0.3) is 11.1 Å². The Balaban J connectivity index is 1.80. The van der Waals surface area contributed by atoms with Crippen LogP contribution < -0.4 is 0 Å². The third-order valence-corrected chi connectivity index (χ3v) is 11.5. The summed E-state index contributed by atoms with van der Waals surface area (Å²) in [7, 11) is -5.59. The van der Waals surface area contributed by atoms with Gasteiger partial charge in [-0.3, -0.25) is 0 Å². The lowest BCUT2D eigenvalue weighted by molar-refractivity contribution is 0.136. The minimum atomic E-state index is -3.46. The Hall–Kier alpha value is -2.22. The molecule has 1 aromatic heterocycles. The Morgan fingerprint density at radius 3 is 2.12 bits per heavy atom. The van der Waals surface area contributed by atoms with Gasteiger partial charge in [-0.2, -0.15) is 0 Å². The number of nitrogens with zero attached hydrogens (tertiary/aromatic N) is 1. The lowest BCUT2D eigenvalue weighted by Gasteiger charge is -2.38. The standard InChI is InChI=1S/C25H33NO4SSi/c1-25(2,3)32(5,6)30-22(24-26-18-23(29-24)31(4,27)28)17-14-19-12-15-21(16-13-19)20-10-8-7-9-11-20/h7-13,15-16,18,22H,14,17H2,1-6H3. The second-order valence-corrected chi connectivity index (χ2v) is 16.5. The van der Waals surface area contributed by atoms with Gasteiger partial charge in [-0.15, -0.1) is 0 Å². The zero-order valence-corrected chi connectivity index (χ0v) is 21.6. The minimum absolute atomic E-state index is 0.00877. The number of aryl methyl sites for hydroxylation is 1. The maximum atomic E-state index is 11.9. The number of hydrogen-bond donors (Lipinski definition) is 0. The van der Waals surface area contributed by atoms with Crippen molar-refractivity contribution in [2.45, 2.75) is 62.9 Å². The fraction of sp³-hybridized carbons (Fsp3) is 0.400. The van der Waals surface area contributed by atoms with Crippen molar-refractivity contribution in [2.75, 3.05) is 6.26 Å². The summed E-state index contributed by atoms with van der Waals surface area (Å²) >= 11 is 0. The lowest BCUT2D eigenvalue weighted by atomic mass is 10.0. The average Bonchev–Trinajstić information content (AvgIpc) is 3.22. The number of oxazole rings is 1. The van der Waals surface area contributed by atoms with Crippen LogP contribution in [0.2, 0.25) is 18.1 Å². The molecule has 1 heterocycles. The van der Waals surface area contributed by atoms with Crippen LogP contribution in [0.15, 0.2) is 70.3 Å². The van der Waals surface area contributed by atoms with E-state index < -0.39 is 24.3 Å². The third-order valence-electron chi connectivity index (χ3n) is 6.14. The molecule has 7 heteroatoms. The zero-order valence-electron chi connectivity index (χ0n) is 19.8. The fourth-order valence-electron chi connectivity index (χ4n) is 3.15. The van der Waals surface area contributed by atoms with E-state index in [2.05, 4.69) is 75.2 Å². The molecule has 3 aromatic rings. The lowest BCUT2D eigenvalue weighted by Crippen LogP contribution is -2.42. The van der Waals surface area contributed by atoms with Crippen LogP contribution in [-0.4, -0.2) is 28.0 Å². The molecule has 0 aliphatic carbocycles. The molecule has 3 rings (SSSR count). The summed E-state index contributed by atoms with van der Waals surface area (Å²) in [5.41, 5.74) is 3.55. The van der Waals surface area contributed by atoms with Crippen molar-refractivity contribution in [3.8, 4) is 11.1 Å². The molecular weight excluding hydrogens is 438 g/mol. The Bertz CT molecular complexity index is 1130. The predicted molar refractivity (Wildman–Crippen MR) is 131 cm³/mol. The van der Waals surface area contributed by atoms with Crippen LogP contribution in [0.5, 0.6) is 0 Å². The first-order valence-electron chi connectivity index (χ1n) is 10.8. The molecule has 172 valence electrons. The predicted octanol–water partition coefficient (Wildman–Crippen LogP) is 6.44. The fourth-order valence-corrected chi connectivity index (χ4v) is 4.91. The molecule has 1 unspecified atom stereocenters. The molecule has 0 aliphatic heterocycles. The van der Waals surface area contributed by atoms with Crippen molar-refractivity contribution < 1.29 is 17.3 Å². The van der Waals surface area contributed by atoms with Crippen LogP contribution in [0.1, 0.15) is 44.8 Å². The van der Waals surface area contributed by atoms with Crippen molar-refractivity contribution in [3.05, 3.63) is 72.2 Å². The van der Waals surface area contributed by atoms with Gasteiger partial charge in [-0.1, -0.05) is 75.4 Å². The highest BCUT2D eigenvalue weighted by Crippen LogP contribution is 2.41. The minimum Gasteiger partial charge on any atom is -0.426 e.